The monoisotopic (exact) mass is 343 g/mol. The Labute approximate surface area is 151 Å². The summed E-state index contributed by atoms with van der Waals surface area (Å²) in [4.78, 5) is 0. The first-order chi connectivity index (χ1) is 12.0. The number of hydrogen-bond donors (Lipinski definition) is 0. The molecule has 0 fully saturated rings. The quantitative estimate of drug-likeness (QED) is 0.285. The molecular weight excluding hydrogens is 322 g/mol. The van der Waals surface area contributed by atoms with Gasteiger partial charge in [-0.2, -0.15) is 0 Å². The van der Waals surface area contributed by atoms with Crippen LogP contribution in [0.1, 0.15) is 26.3 Å². The lowest BCUT2D eigenvalue weighted by Gasteiger charge is -2.21. The van der Waals surface area contributed by atoms with Crippen molar-refractivity contribution in [2.24, 2.45) is 7.05 Å². The van der Waals surface area contributed by atoms with Gasteiger partial charge in [0.25, 0.3) is 0 Å². The van der Waals surface area contributed by atoms with Crippen molar-refractivity contribution in [1.29, 1.82) is 0 Å². The first kappa shape index (κ1) is 15.0. The zero-order valence-electron chi connectivity index (χ0n) is 15.1. The van der Waals surface area contributed by atoms with Gasteiger partial charge in [-0.15, -0.1) is 11.3 Å². The second-order valence-corrected chi connectivity index (χ2v) is 9.00. The van der Waals surface area contributed by atoms with Gasteiger partial charge in [0.05, 0.1) is 10.2 Å². The Morgan fingerprint density at radius 2 is 1.52 bits per heavy atom. The van der Waals surface area contributed by atoms with Crippen LogP contribution in [0.15, 0.2) is 54.6 Å². The Morgan fingerprint density at radius 3 is 2.28 bits per heavy atom. The fourth-order valence-corrected chi connectivity index (χ4v) is 5.44. The van der Waals surface area contributed by atoms with Gasteiger partial charge in [0, 0.05) is 38.8 Å². The number of fused-ring (bicyclic) bond motifs is 7. The molecular formula is C23H21NS. The van der Waals surface area contributed by atoms with Crippen LogP contribution in [0.2, 0.25) is 0 Å². The summed E-state index contributed by atoms with van der Waals surface area (Å²) >= 11 is 1.93. The molecule has 5 aromatic rings. The molecule has 0 atom stereocenters. The van der Waals surface area contributed by atoms with Crippen molar-refractivity contribution in [2.75, 3.05) is 0 Å². The number of benzene rings is 3. The van der Waals surface area contributed by atoms with Gasteiger partial charge >= 0.3 is 0 Å². The molecule has 124 valence electrons. The van der Waals surface area contributed by atoms with E-state index in [1.807, 2.05) is 11.3 Å². The zero-order valence-corrected chi connectivity index (χ0v) is 15.9. The number of rotatable bonds is 0. The minimum atomic E-state index is 0.104. The Balaban J connectivity index is 2.16. The van der Waals surface area contributed by atoms with Crippen molar-refractivity contribution in [3.8, 4) is 0 Å². The first-order valence-corrected chi connectivity index (χ1v) is 9.60. The van der Waals surface area contributed by atoms with Crippen molar-refractivity contribution >= 4 is 53.3 Å². The summed E-state index contributed by atoms with van der Waals surface area (Å²) in [5.41, 5.74) is 4.23. The van der Waals surface area contributed by atoms with E-state index < -0.39 is 0 Å². The molecule has 2 heteroatoms. The van der Waals surface area contributed by atoms with E-state index in [0.29, 0.717) is 0 Å². The minimum absolute atomic E-state index is 0.104. The number of hydrogen-bond acceptors (Lipinski definition) is 1. The largest absolute Gasteiger partial charge is 0.342 e. The van der Waals surface area contributed by atoms with Crippen molar-refractivity contribution in [2.45, 2.75) is 26.2 Å². The molecule has 0 aliphatic rings. The number of nitrogens with zero attached hydrogens (tertiary/aromatic N) is 1. The predicted molar refractivity (Wildman–Crippen MR) is 112 cm³/mol. The third kappa shape index (κ3) is 1.95. The molecule has 2 heterocycles. The van der Waals surface area contributed by atoms with Gasteiger partial charge in [-0.05, 0) is 29.2 Å². The smallest absolute Gasteiger partial charge is 0.0670 e. The van der Waals surface area contributed by atoms with Crippen LogP contribution >= 0.6 is 11.3 Å². The maximum Gasteiger partial charge on any atom is 0.0670 e. The summed E-state index contributed by atoms with van der Waals surface area (Å²) in [7, 11) is 2.20. The van der Waals surface area contributed by atoms with E-state index in [0.717, 1.165) is 0 Å². The Morgan fingerprint density at radius 1 is 0.840 bits per heavy atom. The molecule has 25 heavy (non-hydrogen) atoms. The second kappa shape index (κ2) is 4.86. The average Bonchev–Trinajstić information content (AvgIpc) is 3.10. The molecule has 0 bridgehead atoms. The van der Waals surface area contributed by atoms with E-state index in [1.165, 1.54) is 47.5 Å². The van der Waals surface area contributed by atoms with E-state index in [1.54, 1.807) is 0 Å². The highest BCUT2D eigenvalue weighted by Crippen LogP contribution is 2.46. The van der Waals surface area contributed by atoms with Crippen LogP contribution in [0.25, 0.3) is 42.0 Å². The first-order valence-electron chi connectivity index (χ1n) is 8.78. The maximum atomic E-state index is 2.44. The Bertz CT molecular complexity index is 1280. The van der Waals surface area contributed by atoms with Gasteiger partial charge in [-0.25, -0.2) is 0 Å². The van der Waals surface area contributed by atoms with Gasteiger partial charge in [-0.3, -0.25) is 0 Å². The normalized spacial score (nSPS) is 12.8. The Kier molecular flexibility index (Phi) is 2.91. The van der Waals surface area contributed by atoms with E-state index in [-0.39, 0.29) is 5.41 Å². The summed E-state index contributed by atoms with van der Waals surface area (Å²) in [5, 5.41) is 5.55. The number of para-hydroxylation sites is 1. The number of aryl methyl sites for hydroxylation is 1. The molecule has 0 spiro atoms. The van der Waals surface area contributed by atoms with Crippen LogP contribution in [0.4, 0.5) is 0 Å². The van der Waals surface area contributed by atoms with Crippen molar-refractivity contribution in [1.82, 2.24) is 4.57 Å². The predicted octanol–water partition coefficient (Wildman–Crippen LogP) is 7.00. The average molecular weight is 343 g/mol. The van der Waals surface area contributed by atoms with Crippen LogP contribution < -0.4 is 0 Å². The van der Waals surface area contributed by atoms with Crippen molar-refractivity contribution < 1.29 is 0 Å². The number of thiophene rings is 1. The van der Waals surface area contributed by atoms with Gasteiger partial charge in [0.15, 0.2) is 0 Å². The molecule has 0 aliphatic heterocycles. The van der Waals surface area contributed by atoms with E-state index >= 15 is 0 Å². The fourth-order valence-electron chi connectivity index (χ4n) is 4.13. The lowest BCUT2D eigenvalue weighted by molar-refractivity contribution is 0.597. The van der Waals surface area contributed by atoms with Crippen LogP contribution in [-0.4, -0.2) is 4.57 Å². The fraction of sp³-hybridized carbons (Fsp3) is 0.217. The van der Waals surface area contributed by atoms with Crippen LogP contribution in [0.3, 0.4) is 0 Å². The SMILES string of the molecule is Cn1c2ccccc2c2cc(C(C)(C)C)c3c4ccccc4sc3c21. The van der Waals surface area contributed by atoms with Gasteiger partial charge in [0.2, 0.25) is 0 Å². The van der Waals surface area contributed by atoms with Gasteiger partial charge in [-0.1, -0.05) is 57.2 Å². The highest BCUT2D eigenvalue weighted by Gasteiger charge is 2.24. The topological polar surface area (TPSA) is 4.93 Å². The van der Waals surface area contributed by atoms with E-state index in [4.69, 9.17) is 0 Å². The summed E-state index contributed by atoms with van der Waals surface area (Å²) in [6, 6.07) is 20.0. The summed E-state index contributed by atoms with van der Waals surface area (Å²) < 4.78 is 5.16. The molecule has 2 aromatic heterocycles. The molecule has 0 saturated heterocycles. The molecule has 0 N–H and O–H groups in total. The third-order valence-corrected chi connectivity index (χ3v) is 6.50. The standard InChI is InChI=1S/C23H21NS/c1-23(2,3)17-13-16-14-9-5-7-11-18(14)24(4)21(16)22-20(17)15-10-6-8-12-19(15)25-22/h5-13H,1-4H3. The minimum Gasteiger partial charge on any atom is -0.342 e. The van der Waals surface area contributed by atoms with Gasteiger partial charge < -0.3 is 4.57 Å². The van der Waals surface area contributed by atoms with Crippen molar-refractivity contribution in [3.05, 3.63) is 60.2 Å². The molecule has 5 rings (SSSR count). The van der Waals surface area contributed by atoms with Crippen LogP contribution in [0, 0.1) is 0 Å². The molecule has 0 radical (unpaired) electrons. The summed E-state index contributed by atoms with van der Waals surface area (Å²) in [6.45, 7) is 6.97. The molecule has 3 aromatic carbocycles. The molecule has 0 aliphatic carbocycles. The summed E-state index contributed by atoms with van der Waals surface area (Å²) in [6.07, 6.45) is 0. The molecule has 1 nitrogen and oxygen atoms in total. The van der Waals surface area contributed by atoms with E-state index in [9.17, 15) is 0 Å². The Hall–Kier alpha value is -2.32. The lowest BCUT2D eigenvalue weighted by atomic mass is 9.83. The zero-order chi connectivity index (χ0) is 17.3. The number of aromatic nitrogens is 1. The maximum absolute atomic E-state index is 2.44. The summed E-state index contributed by atoms with van der Waals surface area (Å²) in [5.74, 6) is 0. The van der Waals surface area contributed by atoms with Crippen LogP contribution in [0.5, 0.6) is 0 Å². The van der Waals surface area contributed by atoms with Gasteiger partial charge in [0.1, 0.15) is 0 Å². The highest BCUT2D eigenvalue weighted by molar-refractivity contribution is 7.26. The molecule has 0 saturated carbocycles. The van der Waals surface area contributed by atoms with Crippen LogP contribution in [-0.2, 0) is 12.5 Å². The second-order valence-electron chi connectivity index (χ2n) is 7.95. The van der Waals surface area contributed by atoms with Crippen molar-refractivity contribution in [3.63, 3.8) is 0 Å². The molecule has 0 unspecified atom stereocenters. The molecule has 0 amide bonds. The van der Waals surface area contributed by atoms with E-state index in [2.05, 4.69) is 87.0 Å². The third-order valence-electron chi connectivity index (χ3n) is 5.32. The highest BCUT2D eigenvalue weighted by atomic mass is 32.1. The lowest BCUT2D eigenvalue weighted by Crippen LogP contribution is -2.11.